The third-order valence-corrected chi connectivity index (χ3v) is 7.18. The summed E-state index contributed by atoms with van der Waals surface area (Å²) in [7, 11) is -3.00. The lowest BCUT2D eigenvalue weighted by molar-refractivity contribution is 0.352. The van der Waals surface area contributed by atoms with Gasteiger partial charge >= 0.3 is 0 Å². The van der Waals surface area contributed by atoms with E-state index in [1.54, 1.807) is 0 Å². The maximum atomic E-state index is 12.1. The van der Waals surface area contributed by atoms with Gasteiger partial charge in [0.1, 0.15) is 0 Å². The van der Waals surface area contributed by atoms with Gasteiger partial charge in [0.25, 0.3) is 0 Å². The highest BCUT2D eigenvalue weighted by molar-refractivity contribution is 7.92. The second kappa shape index (κ2) is 6.55. The van der Waals surface area contributed by atoms with Gasteiger partial charge in [-0.1, -0.05) is 12.8 Å². The highest BCUT2D eigenvalue weighted by atomic mass is 32.2. The number of rotatable bonds is 3. The maximum Gasteiger partial charge on any atom is 0.194 e. The fourth-order valence-corrected chi connectivity index (χ4v) is 4.52. The minimum absolute atomic E-state index is 0.216. The number of sulfone groups is 1. The van der Waals surface area contributed by atoms with Gasteiger partial charge in [0.2, 0.25) is 0 Å². The molecule has 0 radical (unpaired) electrons. The van der Waals surface area contributed by atoms with Crippen molar-refractivity contribution in [2.45, 2.75) is 51.2 Å². The zero-order valence-corrected chi connectivity index (χ0v) is 14.4. The van der Waals surface area contributed by atoms with Crippen molar-refractivity contribution in [1.29, 1.82) is 0 Å². The van der Waals surface area contributed by atoms with Gasteiger partial charge in [-0.3, -0.25) is 4.99 Å². The number of nitrogens with one attached hydrogen (secondary N) is 1. The van der Waals surface area contributed by atoms with Crippen molar-refractivity contribution < 1.29 is 8.42 Å². The molecule has 2 aliphatic rings. The fourth-order valence-electron chi connectivity index (χ4n) is 3.16. The molecule has 0 amide bonds. The second-order valence-electron chi connectivity index (χ2n) is 6.85. The van der Waals surface area contributed by atoms with Crippen molar-refractivity contribution in [3.8, 4) is 0 Å². The van der Waals surface area contributed by atoms with Gasteiger partial charge < -0.3 is 10.2 Å². The van der Waals surface area contributed by atoms with Crippen LogP contribution in [0.1, 0.15) is 46.5 Å². The first-order chi connectivity index (χ1) is 9.86. The maximum absolute atomic E-state index is 12.1. The Morgan fingerprint density at radius 3 is 2.57 bits per heavy atom. The Balaban J connectivity index is 2.05. The number of hydrogen-bond donors (Lipinski definition) is 1. The Kier molecular flexibility index (Phi) is 5.17. The Bertz CT molecular complexity index is 479. The molecule has 1 saturated carbocycles. The van der Waals surface area contributed by atoms with Gasteiger partial charge in [0, 0.05) is 26.2 Å². The Labute approximate surface area is 129 Å². The number of hydrogen-bond acceptors (Lipinski definition) is 3. The molecule has 0 aromatic rings. The van der Waals surface area contributed by atoms with E-state index in [1.807, 2.05) is 13.8 Å². The van der Waals surface area contributed by atoms with E-state index in [0.29, 0.717) is 19.0 Å². The molecule has 0 aromatic carbocycles. The van der Waals surface area contributed by atoms with Crippen molar-refractivity contribution in [3.63, 3.8) is 0 Å². The van der Waals surface area contributed by atoms with Gasteiger partial charge in [-0.2, -0.15) is 0 Å². The van der Waals surface area contributed by atoms with Gasteiger partial charge in [-0.25, -0.2) is 8.42 Å². The molecule has 0 bridgehead atoms. The van der Waals surface area contributed by atoms with E-state index in [9.17, 15) is 8.42 Å². The van der Waals surface area contributed by atoms with E-state index in [0.717, 1.165) is 19.0 Å². The van der Waals surface area contributed by atoms with Crippen molar-refractivity contribution in [1.82, 2.24) is 10.2 Å². The summed E-state index contributed by atoms with van der Waals surface area (Å²) < 4.78 is 23.5. The van der Waals surface area contributed by atoms with Crippen LogP contribution in [0.3, 0.4) is 0 Å². The summed E-state index contributed by atoms with van der Waals surface area (Å²) in [6, 6.07) is 0. The molecular formula is C15H29N3O2S. The summed E-state index contributed by atoms with van der Waals surface area (Å²) in [5.41, 5.74) is 0. The van der Waals surface area contributed by atoms with Crippen molar-refractivity contribution in [2.24, 2.45) is 10.9 Å². The van der Waals surface area contributed by atoms with Crippen LogP contribution in [0.2, 0.25) is 0 Å². The third kappa shape index (κ3) is 3.90. The molecule has 6 heteroatoms. The van der Waals surface area contributed by atoms with Crippen LogP contribution in [0.15, 0.2) is 4.99 Å². The van der Waals surface area contributed by atoms with E-state index < -0.39 is 14.6 Å². The summed E-state index contributed by atoms with van der Waals surface area (Å²) in [5.74, 6) is 1.81. The van der Waals surface area contributed by atoms with Gasteiger partial charge in [-0.15, -0.1) is 0 Å². The Hall–Kier alpha value is -0.780. The van der Waals surface area contributed by atoms with Crippen molar-refractivity contribution in [2.75, 3.05) is 31.9 Å². The highest BCUT2D eigenvalue weighted by Gasteiger charge is 2.40. The predicted octanol–water partition coefficient (Wildman–Crippen LogP) is 1.65. The average molecular weight is 315 g/mol. The van der Waals surface area contributed by atoms with Gasteiger partial charge in [0.15, 0.2) is 15.8 Å². The lowest BCUT2D eigenvalue weighted by atomic mass is 10.1. The quantitative estimate of drug-likeness (QED) is 0.635. The first-order valence-corrected chi connectivity index (χ1v) is 9.76. The van der Waals surface area contributed by atoms with E-state index in [1.165, 1.54) is 25.7 Å². The Morgan fingerprint density at radius 1 is 1.33 bits per heavy atom. The molecule has 1 saturated heterocycles. The van der Waals surface area contributed by atoms with E-state index in [2.05, 4.69) is 17.1 Å². The van der Waals surface area contributed by atoms with Crippen LogP contribution >= 0.6 is 0 Å². The van der Waals surface area contributed by atoms with Crippen LogP contribution in [0.4, 0.5) is 0 Å². The second-order valence-corrected chi connectivity index (χ2v) is 9.59. The standard InChI is InChI=1S/C15H29N3O2S/c1-4-16-14(17-11-13-7-5-6-8-13)18-9-10-21(19,20)15(2,3)12-18/h13H,4-12H2,1-3H3,(H,16,17). The van der Waals surface area contributed by atoms with Crippen LogP contribution in [0, 0.1) is 5.92 Å². The van der Waals surface area contributed by atoms with Gasteiger partial charge in [0.05, 0.1) is 10.5 Å². The summed E-state index contributed by atoms with van der Waals surface area (Å²) in [6.07, 6.45) is 5.21. The van der Waals surface area contributed by atoms with Crippen LogP contribution in [-0.4, -0.2) is 56.0 Å². The smallest absolute Gasteiger partial charge is 0.194 e. The van der Waals surface area contributed by atoms with Crippen molar-refractivity contribution in [3.05, 3.63) is 0 Å². The zero-order valence-electron chi connectivity index (χ0n) is 13.6. The molecule has 1 aliphatic heterocycles. The topological polar surface area (TPSA) is 61.8 Å². The molecule has 21 heavy (non-hydrogen) atoms. The average Bonchev–Trinajstić information content (AvgIpc) is 2.91. The molecule has 1 heterocycles. The molecule has 0 unspecified atom stereocenters. The molecule has 1 N–H and O–H groups in total. The summed E-state index contributed by atoms with van der Waals surface area (Å²) >= 11 is 0. The van der Waals surface area contributed by atoms with E-state index >= 15 is 0 Å². The van der Waals surface area contributed by atoms with Gasteiger partial charge in [-0.05, 0) is 39.5 Å². The largest absolute Gasteiger partial charge is 0.357 e. The van der Waals surface area contributed by atoms with Crippen molar-refractivity contribution >= 4 is 15.8 Å². The van der Waals surface area contributed by atoms with Crippen LogP contribution in [-0.2, 0) is 9.84 Å². The number of aliphatic imine (C=N–C) groups is 1. The van der Waals surface area contributed by atoms with E-state index in [4.69, 9.17) is 4.99 Å². The normalized spacial score (nSPS) is 26.0. The fraction of sp³-hybridized carbons (Fsp3) is 0.933. The summed E-state index contributed by atoms with van der Waals surface area (Å²) in [5, 5.41) is 3.32. The SMILES string of the molecule is CCNC(=NCC1CCCC1)N1CCS(=O)(=O)C(C)(C)C1. The minimum atomic E-state index is -3.00. The monoisotopic (exact) mass is 315 g/mol. The summed E-state index contributed by atoms with van der Waals surface area (Å²) in [6.45, 7) is 8.42. The number of guanidine groups is 1. The van der Waals surface area contributed by atoms with Crippen LogP contribution in [0.25, 0.3) is 0 Å². The van der Waals surface area contributed by atoms with E-state index in [-0.39, 0.29) is 5.75 Å². The number of nitrogens with zero attached hydrogens (tertiary/aromatic N) is 2. The molecular weight excluding hydrogens is 286 g/mol. The zero-order chi connectivity index (χ0) is 15.5. The molecule has 5 nitrogen and oxygen atoms in total. The lowest BCUT2D eigenvalue weighted by Gasteiger charge is -2.39. The summed E-state index contributed by atoms with van der Waals surface area (Å²) in [4.78, 5) is 6.88. The molecule has 2 fully saturated rings. The molecule has 122 valence electrons. The molecule has 1 aliphatic carbocycles. The predicted molar refractivity (Wildman–Crippen MR) is 87.4 cm³/mol. The highest BCUT2D eigenvalue weighted by Crippen LogP contribution is 2.26. The first-order valence-electron chi connectivity index (χ1n) is 8.11. The third-order valence-electron chi connectivity index (χ3n) is 4.65. The Morgan fingerprint density at radius 2 is 2.00 bits per heavy atom. The lowest BCUT2D eigenvalue weighted by Crippen LogP contribution is -2.57. The minimum Gasteiger partial charge on any atom is -0.357 e. The molecule has 0 atom stereocenters. The van der Waals surface area contributed by atoms with Crippen LogP contribution in [0.5, 0.6) is 0 Å². The molecule has 2 rings (SSSR count). The first kappa shape index (κ1) is 16.6. The molecule has 0 aromatic heterocycles. The van der Waals surface area contributed by atoms with Crippen LogP contribution < -0.4 is 5.32 Å². The molecule has 0 spiro atoms.